The topological polar surface area (TPSA) is 139 Å². The number of hydrogen-bond acceptors (Lipinski definition) is 7. The van der Waals surface area contributed by atoms with Crippen LogP contribution in [0.15, 0.2) is 42.0 Å². The second kappa shape index (κ2) is 15.8. The van der Waals surface area contributed by atoms with E-state index in [2.05, 4.69) is 20.9 Å². The number of nitrogens with one attached hydrogen (secondary N) is 3. The molecule has 11 heteroatoms. The third-order valence-electron chi connectivity index (χ3n) is 5.98. The number of amides is 4. The molecule has 0 aliphatic heterocycles. The van der Waals surface area contributed by atoms with E-state index in [1.54, 1.807) is 18.8 Å². The molecule has 0 saturated heterocycles. The molecule has 0 radical (unpaired) electrons. The van der Waals surface area contributed by atoms with Crippen molar-refractivity contribution in [2.75, 3.05) is 13.6 Å². The summed E-state index contributed by atoms with van der Waals surface area (Å²) in [6.07, 6.45) is 3.38. The van der Waals surface area contributed by atoms with Gasteiger partial charge in [0.1, 0.15) is 12.6 Å². The van der Waals surface area contributed by atoms with Crippen molar-refractivity contribution in [3.8, 4) is 0 Å². The fourth-order valence-electron chi connectivity index (χ4n) is 3.57. The molecule has 2 aromatic rings. The molecule has 204 valence electrons. The molecule has 2 rings (SSSR count). The van der Waals surface area contributed by atoms with Gasteiger partial charge in [0.05, 0.1) is 10.4 Å². The maximum atomic E-state index is 12.9. The number of aromatic nitrogens is 1. The molecule has 5 N–H and O–H groups in total. The smallest absolute Gasteiger partial charge is 0.407 e. The van der Waals surface area contributed by atoms with E-state index in [0.29, 0.717) is 25.7 Å². The third-order valence-corrected chi connectivity index (χ3v) is 6.73. The van der Waals surface area contributed by atoms with E-state index >= 15 is 0 Å². The number of hydrogen-bond donors (Lipinski definition) is 4. The van der Waals surface area contributed by atoms with Gasteiger partial charge in [-0.2, -0.15) is 0 Å². The fourth-order valence-corrected chi connectivity index (χ4v) is 4.08. The van der Waals surface area contributed by atoms with Crippen LogP contribution < -0.4 is 21.7 Å². The van der Waals surface area contributed by atoms with Crippen LogP contribution in [0.3, 0.4) is 0 Å². The van der Waals surface area contributed by atoms with Crippen molar-refractivity contribution in [2.24, 2.45) is 5.73 Å². The zero-order valence-corrected chi connectivity index (χ0v) is 22.9. The largest absolute Gasteiger partial charge is 0.444 e. The molecule has 37 heavy (non-hydrogen) atoms. The lowest BCUT2D eigenvalue weighted by atomic mass is 9.99. The number of urea groups is 1. The van der Waals surface area contributed by atoms with Gasteiger partial charge in [-0.25, -0.2) is 9.59 Å². The van der Waals surface area contributed by atoms with E-state index in [1.807, 2.05) is 51.1 Å². The van der Waals surface area contributed by atoms with Crippen LogP contribution in [0.5, 0.6) is 0 Å². The van der Waals surface area contributed by atoms with Crippen LogP contribution >= 0.6 is 11.3 Å². The second-order valence-corrected chi connectivity index (χ2v) is 10.3. The molecule has 4 amide bonds. The minimum atomic E-state index is -0.721. The number of carbonyl (C=O) groups excluding carboxylic acids is 3. The summed E-state index contributed by atoms with van der Waals surface area (Å²) >= 11 is 1.43. The summed E-state index contributed by atoms with van der Waals surface area (Å²) in [4.78, 5) is 44.1. The summed E-state index contributed by atoms with van der Waals surface area (Å²) in [7, 11) is 1.68. The Hall–Kier alpha value is -3.18. The predicted octanol–water partition coefficient (Wildman–Crippen LogP) is 3.03. The summed E-state index contributed by atoms with van der Waals surface area (Å²) in [6, 6.07) is 8.48. The molecule has 1 aromatic heterocycles. The number of alkyl carbamates (subject to hydrolysis) is 1. The van der Waals surface area contributed by atoms with Crippen LogP contribution in [0.2, 0.25) is 0 Å². The number of nitrogens with two attached hydrogens (primary N) is 1. The first-order valence-corrected chi connectivity index (χ1v) is 13.5. The number of benzene rings is 1. The van der Waals surface area contributed by atoms with Crippen molar-refractivity contribution in [1.82, 2.24) is 25.8 Å². The molecule has 0 aliphatic carbocycles. The second-order valence-electron chi connectivity index (χ2n) is 9.35. The maximum absolute atomic E-state index is 12.9. The molecule has 3 atom stereocenters. The van der Waals surface area contributed by atoms with Gasteiger partial charge in [-0.3, -0.25) is 9.78 Å². The lowest BCUT2D eigenvalue weighted by Gasteiger charge is -2.27. The Morgan fingerprint density at radius 3 is 2.41 bits per heavy atom. The minimum absolute atomic E-state index is 0.00299. The summed E-state index contributed by atoms with van der Waals surface area (Å²) in [6.45, 7) is 6.14. The van der Waals surface area contributed by atoms with Gasteiger partial charge in [-0.15, -0.1) is 11.3 Å². The highest BCUT2D eigenvalue weighted by atomic mass is 32.1. The molecule has 10 nitrogen and oxygen atoms in total. The van der Waals surface area contributed by atoms with Gasteiger partial charge in [-0.05, 0) is 58.6 Å². The number of ether oxygens (including phenoxy) is 1. The molecule has 0 fully saturated rings. The van der Waals surface area contributed by atoms with E-state index in [0.717, 1.165) is 10.4 Å². The van der Waals surface area contributed by atoms with Gasteiger partial charge < -0.3 is 31.3 Å². The Balaban J connectivity index is 1.92. The average molecular weight is 533 g/mol. The van der Waals surface area contributed by atoms with Crippen molar-refractivity contribution in [2.45, 2.75) is 77.2 Å². The normalized spacial score (nSPS) is 13.4. The van der Waals surface area contributed by atoms with Crippen LogP contribution in [-0.2, 0) is 22.6 Å². The van der Waals surface area contributed by atoms with Crippen LogP contribution in [0, 0.1) is 0 Å². The van der Waals surface area contributed by atoms with Crippen molar-refractivity contribution in [1.29, 1.82) is 0 Å². The number of nitrogens with zero attached hydrogens (tertiary/aromatic N) is 2. The number of rotatable bonds is 14. The third kappa shape index (κ3) is 11.2. The first-order valence-electron chi connectivity index (χ1n) is 12.6. The standard InChI is InChI=1S/C26H40N6O4S/c1-18(2)32(4)25(34)31-23(12-13-27)24(33)29-19(3)10-11-21(14-20-8-6-5-7-9-20)30-26(35)36-16-22-15-28-17-37-22/h5-9,15,17-19,21,23H,10-14,16,27H2,1-4H3,(H,29,33)(H,30,35)(H,31,34). The molecule has 1 aromatic carbocycles. The molecule has 0 bridgehead atoms. The van der Waals surface area contributed by atoms with Gasteiger partial charge in [0.25, 0.3) is 0 Å². The fraction of sp³-hybridized carbons (Fsp3) is 0.538. The molecule has 1 heterocycles. The molecule has 3 unspecified atom stereocenters. The zero-order valence-electron chi connectivity index (χ0n) is 22.1. The predicted molar refractivity (Wildman–Crippen MR) is 145 cm³/mol. The Labute approximate surface area is 223 Å². The highest BCUT2D eigenvalue weighted by molar-refractivity contribution is 7.09. The number of thiazole rings is 1. The summed E-state index contributed by atoms with van der Waals surface area (Å²) in [5.74, 6) is -0.278. The zero-order chi connectivity index (χ0) is 27.2. The highest BCUT2D eigenvalue weighted by Crippen LogP contribution is 2.12. The Kier molecular flexibility index (Phi) is 12.9. The van der Waals surface area contributed by atoms with E-state index in [4.69, 9.17) is 10.5 Å². The molecular formula is C26H40N6O4S. The lowest BCUT2D eigenvalue weighted by molar-refractivity contribution is -0.123. The van der Waals surface area contributed by atoms with Crippen LogP contribution in [0.1, 0.15) is 50.5 Å². The summed E-state index contributed by atoms with van der Waals surface area (Å²) in [5.41, 5.74) is 8.46. The van der Waals surface area contributed by atoms with Gasteiger partial charge in [-0.1, -0.05) is 30.3 Å². The number of carbonyl (C=O) groups is 3. The SMILES string of the molecule is CC(CCC(Cc1ccccc1)NC(=O)OCc1cncs1)NC(=O)C(CCN)NC(=O)N(C)C(C)C. The van der Waals surface area contributed by atoms with Crippen LogP contribution in [0.4, 0.5) is 9.59 Å². The first kappa shape index (κ1) is 30.0. The Morgan fingerprint density at radius 2 is 1.78 bits per heavy atom. The van der Waals surface area contributed by atoms with Crippen molar-refractivity contribution in [3.63, 3.8) is 0 Å². The lowest BCUT2D eigenvalue weighted by Crippen LogP contribution is -2.53. The monoisotopic (exact) mass is 532 g/mol. The first-order chi connectivity index (χ1) is 17.7. The van der Waals surface area contributed by atoms with E-state index < -0.39 is 12.1 Å². The van der Waals surface area contributed by atoms with Crippen molar-refractivity contribution in [3.05, 3.63) is 52.5 Å². The highest BCUT2D eigenvalue weighted by Gasteiger charge is 2.24. The molecule has 0 aliphatic rings. The average Bonchev–Trinajstić information content (AvgIpc) is 3.39. The summed E-state index contributed by atoms with van der Waals surface area (Å²) < 4.78 is 5.35. The maximum Gasteiger partial charge on any atom is 0.407 e. The van der Waals surface area contributed by atoms with Gasteiger partial charge in [0, 0.05) is 31.4 Å². The van der Waals surface area contributed by atoms with Gasteiger partial charge in [0.2, 0.25) is 5.91 Å². The van der Waals surface area contributed by atoms with E-state index in [1.165, 1.54) is 16.2 Å². The van der Waals surface area contributed by atoms with Crippen LogP contribution in [0.25, 0.3) is 0 Å². The van der Waals surface area contributed by atoms with Crippen LogP contribution in [-0.4, -0.2) is 65.7 Å². The van der Waals surface area contributed by atoms with Gasteiger partial charge in [0.15, 0.2) is 0 Å². The minimum Gasteiger partial charge on any atom is -0.444 e. The van der Waals surface area contributed by atoms with Crippen molar-refractivity contribution >= 4 is 29.4 Å². The Bertz CT molecular complexity index is 957. The molecule has 0 spiro atoms. The van der Waals surface area contributed by atoms with Crippen molar-refractivity contribution < 1.29 is 19.1 Å². The molecule has 0 saturated carbocycles. The van der Waals surface area contributed by atoms with E-state index in [-0.39, 0.29) is 43.2 Å². The quantitative estimate of drug-likeness (QED) is 0.295. The Morgan fingerprint density at radius 1 is 1.05 bits per heavy atom. The van der Waals surface area contributed by atoms with E-state index in [9.17, 15) is 14.4 Å². The summed E-state index contributed by atoms with van der Waals surface area (Å²) in [5, 5.41) is 8.71. The van der Waals surface area contributed by atoms with Gasteiger partial charge >= 0.3 is 12.1 Å². The molecular weight excluding hydrogens is 492 g/mol.